The first-order valence-electron chi connectivity index (χ1n) is 10.6. The summed E-state index contributed by atoms with van der Waals surface area (Å²) in [6.45, 7) is 5.97. The van der Waals surface area contributed by atoms with Crippen molar-refractivity contribution < 1.29 is 22.7 Å². The van der Waals surface area contributed by atoms with Crippen LogP contribution < -0.4 is 14.8 Å². The lowest BCUT2D eigenvalue weighted by Crippen LogP contribution is -2.50. The Morgan fingerprint density at radius 2 is 1.66 bits per heavy atom. The van der Waals surface area contributed by atoms with Crippen LogP contribution in [-0.2, 0) is 14.8 Å². The van der Waals surface area contributed by atoms with Gasteiger partial charge >= 0.3 is 0 Å². The van der Waals surface area contributed by atoms with Crippen LogP contribution in [0.25, 0.3) is 0 Å². The van der Waals surface area contributed by atoms with Crippen molar-refractivity contribution in [1.82, 2.24) is 9.21 Å². The summed E-state index contributed by atoms with van der Waals surface area (Å²) < 4.78 is 37.9. The molecule has 174 valence electrons. The number of carbonyl (C=O) groups excluding carboxylic acids is 1. The predicted molar refractivity (Wildman–Crippen MR) is 124 cm³/mol. The van der Waals surface area contributed by atoms with Gasteiger partial charge < -0.3 is 14.8 Å². The Hall–Kier alpha value is -2.62. The molecule has 1 saturated heterocycles. The minimum absolute atomic E-state index is 0.173. The molecule has 1 aliphatic heterocycles. The Labute approximate surface area is 190 Å². The van der Waals surface area contributed by atoms with E-state index in [0.29, 0.717) is 54.2 Å². The van der Waals surface area contributed by atoms with E-state index >= 15 is 0 Å². The molecule has 1 aliphatic rings. The minimum atomic E-state index is -3.54. The molecule has 2 aromatic rings. The maximum absolute atomic E-state index is 13.0. The smallest absolute Gasteiger partial charge is 0.243 e. The monoisotopic (exact) mass is 461 g/mol. The number of carbonyl (C=O) groups is 1. The zero-order valence-electron chi connectivity index (χ0n) is 19.0. The van der Waals surface area contributed by atoms with E-state index in [0.717, 1.165) is 5.56 Å². The molecule has 32 heavy (non-hydrogen) atoms. The van der Waals surface area contributed by atoms with Crippen LogP contribution >= 0.6 is 0 Å². The van der Waals surface area contributed by atoms with E-state index < -0.39 is 10.0 Å². The van der Waals surface area contributed by atoms with Gasteiger partial charge in [-0.05, 0) is 35.7 Å². The van der Waals surface area contributed by atoms with Gasteiger partial charge in [-0.3, -0.25) is 9.69 Å². The van der Waals surface area contributed by atoms with E-state index in [-0.39, 0.29) is 12.5 Å². The number of hydrogen-bond acceptors (Lipinski definition) is 6. The standard InChI is InChI=1S/C23H31N3O5S/c1-17(2)18-5-8-20(9-6-18)32(28,29)26-13-11-25(12-14-26)16-23(27)24-21-10-7-19(30-3)15-22(21)31-4/h5-10,15,17H,11-14,16H2,1-4H3,(H,24,27). The van der Waals surface area contributed by atoms with Gasteiger partial charge in [0.25, 0.3) is 0 Å². The maximum Gasteiger partial charge on any atom is 0.243 e. The highest BCUT2D eigenvalue weighted by Crippen LogP contribution is 2.29. The molecule has 1 N–H and O–H groups in total. The van der Waals surface area contributed by atoms with E-state index in [9.17, 15) is 13.2 Å². The average molecular weight is 462 g/mol. The summed E-state index contributed by atoms with van der Waals surface area (Å²) in [5, 5.41) is 2.85. The van der Waals surface area contributed by atoms with Gasteiger partial charge in [-0.1, -0.05) is 26.0 Å². The molecule has 0 atom stereocenters. The highest BCUT2D eigenvalue weighted by molar-refractivity contribution is 7.89. The van der Waals surface area contributed by atoms with E-state index in [4.69, 9.17) is 9.47 Å². The van der Waals surface area contributed by atoms with Gasteiger partial charge in [0.1, 0.15) is 11.5 Å². The summed E-state index contributed by atoms with van der Waals surface area (Å²) >= 11 is 0. The molecule has 0 unspecified atom stereocenters. The topological polar surface area (TPSA) is 88.2 Å². The van der Waals surface area contributed by atoms with Crippen molar-refractivity contribution in [3.8, 4) is 11.5 Å². The molecule has 0 bridgehead atoms. The Morgan fingerprint density at radius 3 is 2.22 bits per heavy atom. The third kappa shape index (κ3) is 5.59. The van der Waals surface area contributed by atoms with E-state index in [1.165, 1.54) is 11.4 Å². The van der Waals surface area contributed by atoms with Crippen molar-refractivity contribution in [1.29, 1.82) is 0 Å². The Bertz CT molecular complexity index is 1030. The van der Waals surface area contributed by atoms with Crippen LogP contribution in [0.4, 0.5) is 5.69 Å². The van der Waals surface area contributed by atoms with Crippen molar-refractivity contribution in [2.24, 2.45) is 0 Å². The first-order valence-corrected chi connectivity index (χ1v) is 12.0. The number of benzene rings is 2. The van der Waals surface area contributed by atoms with Gasteiger partial charge in [-0.15, -0.1) is 0 Å². The number of ether oxygens (including phenoxy) is 2. The number of hydrogen-bond donors (Lipinski definition) is 1. The first-order chi connectivity index (χ1) is 15.2. The van der Waals surface area contributed by atoms with Crippen molar-refractivity contribution >= 4 is 21.6 Å². The first kappa shape index (κ1) is 24.0. The quantitative estimate of drug-likeness (QED) is 0.650. The summed E-state index contributed by atoms with van der Waals surface area (Å²) in [5.74, 6) is 1.31. The van der Waals surface area contributed by atoms with Gasteiger partial charge in [0.15, 0.2) is 0 Å². The summed E-state index contributed by atoms with van der Waals surface area (Å²) in [6, 6.07) is 12.3. The van der Waals surface area contributed by atoms with Crippen molar-refractivity contribution in [3.63, 3.8) is 0 Å². The fourth-order valence-electron chi connectivity index (χ4n) is 3.60. The van der Waals surface area contributed by atoms with E-state index in [1.54, 1.807) is 37.4 Å². The number of rotatable bonds is 8. The lowest BCUT2D eigenvalue weighted by molar-refractivity contribution is -0.117. The number of piperazine rings is 1. The molecule has 1 heterocycles. The van der Waals surface area contributed by atoms with E-state index in [1.807, 2.05) is 17.0 Å². The molecule has 0 aromatic heterocycles. The second kappa shape index (κ2) is 10.3. The molecule has 0 aliphatic carbocycles. The predicted octanol–water partition coefficient (Wildman–Crippen LogP) is 2.77. The second-order valence-corrected chi connectivity index (χ2v) is 9.96. The van der Waals surface area contributed by atoms with Crippen LogP contribution in [0.1, 0.15) is 25.3 Å². The average Bonchev–Trinajstić information content (AvgIpc) is 2.79. The van der Waals surface area contributed by atoms with Crippen LogP contribution in [0.5, 0.6) is 11.5 Å². The summed E-state index contributed by atoms with van der Waals surface area (Å²) in [5.41, 5.74) is 1.66. The number of methoxy groups -OCH3 is 2. The number of sulfonamides is 1. The van der Waals surface area contributed by atoms with Crippen LogP contribution in [0.2, 0.25) is 0 Å². The molecule has 0 saturated carbocycles. The summed E-state index contributed by atoms with van der Waals surface area (Å²) in [4.78, 5) is 14.8. The lowest BCUT2D eigenvalue weighted by Gasteiger charge is -2.33. The fraction of sp³-hybridized carbons (Fsp3) is 0.435. The van der Waals surface area contributed by atoms with Crippen LogP contribution in [0.3, 0.4) is 0 Å². The van der Waals surface area contributed by atoms with Crippen molar-refractivity contribution in [2.45, 2.75) is 24.7 Å². The molecular formula is C23H31N3O5S. The van der Waals surface area contributed by atoms with Crippen molar-refractivity contribution in [2.75, 3.05) is 52.3 Å². The fourth-order valence-corrected chi connectivity index (χ4v) is 5.02. The van der Waals surface area contributed by atoms with Gasteiger partial charge in [0.05, 0.1) is 31.3 Å². The van der Waals surface area contributed by atoms with Crippen LogP contribution in [0, 0.1) is 0 Å². The third-order valence-electron chi connectivity index (χ3n) is 5.57. The molecule has 2 aromatic carbocycles. The molecule has 9 heteroatoms. The lowest BCUT2D eigenvalue weighted by atomic mass is 10.0. The molecule has 0 radical (unpaired) electrons. The van der Waals surface area contributed by atoms with Gasteiger partial charge in [-0.25, -0.2) is 8.42 Å². The molecule has 0 spiro atoms. The second-order valence-electron chi connectivity index (χ2n) is 8.02. The van der Waals surface area contributed by atoms with Crippen LogP contribution in [-0.4, -0.2) is 70.5 Å². The van der Waals surface area contributed by atoms with Crippen molar-refractivity contribution in [3.05, 3.63) is 48.0 Å². The Kier molecular flexibility index (Phi) is 7.76. The molecular weight excluding hydrogens is 430 g/mol. The Morgan fingerprint density at radius 1 is 1.00 bits per heavy atom. The van der Waals surface area contributed by atoms with E-state index in [2.05, 4.69) is 19.2 Å². The molecule has 3 rings (SSSR count). The normalized spacial score (nSPS) is 15.5. The zero-order valence-corrected chi connectivity index (χ0v) is 19.8. The van der Waals surface area contributed by atoms with Gasteiger partial charge in [-0.2, -0.15) is 4.31 Å². The summed E-state index contributed by atoms with van der Waals surface area (Å²) in [7, 11) is -0.452. The highest BCUT2D eigenvalue weighted by Gasteiger charge is 2.29. The van der Waals surface area contributed by atoms with Gasteiger partial charge in [0, 0.05) is 32.2 Å². The molecule has 1 fully saturated rings. The number of anilines is 1. The van der Waals surface area contributed by atoms with Gasteiger partial charge in [0.2, 0.25) is 15.9 Å². The number of nitrogens with zero attached hydrogens (tertiary/aromatic N) is 2. The maximum atomic E-state index is 13.0. The highest BCUT2D eigenvalue weighted by atomic mass is 32.2. The third-order valence-corrected chi connectivity index (χ3v) is 7.48. The molecule has 8 nitrogen and oxygen atoms in total. The number of nitrogens with one attached hydrogen (secondary N) is 1. The summed E-state index contributed by atoms with van der Waals surface area (Å²) in [6.07, 6.45) is 0. The number of amides is 1. The zero-order chi connectivity index (χ0) is 23.3. The van der Waals surface area contributed by atoms with Crippen LogP contribution in [0.15, 0.2) is 47.4 Å². The molecule has 1 amide bonds. The minimum Gasteiger partial charge on any atom is -0.497 e. The SMILES string of the molecule is COc1ccc(NC(=O)CN2CCN(S(=O)(=O)c3ccc(C(C)C)cc3)CC2)c(OC)c1. The largest absolute Gasteiger partial charge is 0.497 e. The Balaban J connectivity index is 1.56.